The molecule has 5 unspecified atom stereocenters. The van der Waals surface area contributed by atoms with Crippen molar-refractivity contribution < 1.29 is 5.11 Å². The molecular formula is C16H26O. The number of hydrogen-bond donors (Lipinski definition) is 1. The van der Waals surface area contributed by atoms with Crippen molar-refractivity contribution in [2.45, 2.75) is 46.6 Å². The second-order valence-corrected chi connectivity index (χ2v) is 7.01. The summed E-state index contributed by atoms with van der Waals surface area (Å²) in [4.78, 5) is 0. The highest BCUT2D eigenvalue weighted by Crippen LogP contribution is 2.47. The highest BCUT2D eigenvalue weighted by molar-refractivity contribution is 5.13. The van der Waals surface area contributed by atoms with E-state index < -0.39 is 0 Å². The summed E-state index contributed by atoms with van der Waals surface area (Å²) in [5.41, 5.74) is 0.322. The SMILES string of the molecule is CC1C=CC(O)CC2C=CC(C1)C2C(C)(C)C. The molecule has 2 aliphatic carbocycles. The maximum atomic E-state index is 10.0. The Kier molecular flexibility index (Phi) is 3.49. The third-order valence-corrected chi connectivity index (χ3v) is 4.35. The molecule has 0 heterocycles. The molecule has 2 aliphatic rings. The molecule has 0 spiro atoms. The third kappa shape index (κ3) is 2.82. The van der Waals surface area contributed by atoms with E-state index in [0.29, 0.717) is 29.1 Å². The van der Waals surface area contributed by atoms with E-state index >= 15 is 0 Å². The van der Waals surface area contributed by atoms with Crippen LogP contribution in [0.5, 0.6) is 0 Å². The van der Waals surface area contributed by atoms with E-state index in [0.717, 1.165) is 6.42 Å². The molecule has 0 aromatic carbocycles. The van der Waals surface area contributed by atoms with Crippen LogP contribution in [0.2, 0.25) is 0 Å². The van der Waals surface area contributed by atoms with Gasteiger partial charge in [-0.25, -0.2) is 0 Å². The van der Waals surface area contributed by atoms with Crippen LogP contribution in [0.25, 0.3) is 0 Å². The summed E-state index contributed by atoms with van der Waals surface area (Å²) in [5.74, 6) is 2.48. The molecule has 0 radical (unpaired) electrons. The normalized spacial score (nSPS) is 42.1. The summed E-state index contributed by atoms with van der Waals surface area (Å²) in [6.45, 7) is 9.28. The molecule has 2 bridgehead atoms. The molecule has 1 N–H and O–H groups in total. The highest BCUT2D eigenvalue weighted by atomic mass is 16.3. The summed E-state index contributed by atoms with van der Waals surface area (Å²) in [7, 11) is 0. The lowest BCUT2D eigenvalue weighted by atomic mass is 9.67. The zero-order valence-corrected chi connectivity index (χ0v) is 11.6. The third-order valence-electron chi connectivity index (χ3n) is 4.35. The monoisotopic (exact) mass is 234 g/mol. The van der Waals surface area contributed by atoms with E-state index in [1.807, 2.05) is 6.08 Å². The van der Waals surface area contributed by atoms with Crippen LogP contribution in [0.3, 0.4) is 0 Å². The van der Waals surface area contributed by atoms with Crippen LogP contribution < -0.4 is 0 Å². The lowest BCUT2D eigenvalue weighted by Crippen LogP contribution is -2.31. The maximum Gasteiger partial charge on any atom is 0.0726 e. The molecule has 0 aromatic rings. The van der Waals surface area contributed by atoms with Crippen LogP contribution in [-0.2, 0) is 0 Å². The van der Waals surface area contributed by atoms with Gasteiger partial charge in [0.25, 0.3) is 0 Å². The molecule has 0 aromatic heterocycles. The van der Waals surface area contributed by atoms with Gasteiger partial charge in [-0.2, -0.15) is 0 Å². The van der Waals surface area contributed by atoms with Crippen molar-refractivity contribution in [1.82, 2.24) is 0 Å². The van der Waals surface area contributed by atoms with Crippen molar-refractivity contribution in [3.63, 3.8) is 0 Å². The fraction of sp³-hybridized carbons (Fsp3) is 0.750. The molecule has 96 valence electrons. The highest BCUT2D eigenvalue weighted by Gasteiger charge is 2.40. The Morgan fingerprint density at radius 3 is 2.12 bits per heavy atom. The Balaban J connectivity index is 2.26. The van der Waals surface area contributed by atoms with E-state index in [2.05, 4.69) is 45.9 Å². The van der Waals surface area contributed by atoms with Crippen molar-refractivity contribution in [3.8, 4) is 0 Å². The zero-order chi connectivity index (χ0) is 12.6. The van der Waals surface area contributed by atoms with Crippen LogP contribution in [0.4, 0.5) is 0 Å². The number of rotatable bonds is 0. The van der Waals surface area contributed by atoms with E-state index in [-0.39, 0.29) is 6.10 Å². The van der Waals surface area contributed by atoms with Gasteiger partial charge in [-0.1, -0.05) is 52.0 Å². The summed E-state index contributed by atoms with van der Waals surface area (Å²) < 4.78 is 0. The molecule has 0 fully saturated rings. The molecule has 0 amide bonds. The largest absolute Gasteiger partial charge is 0.389 e. The molecule has 0 saturated carbocycles. The van der Waals surface area contributed by atoms with Crippen LogP contribution in [0.1, 0.15) is 40.5 Å². The van der Waals surface area contributed by atoms with Crippen LogP contribution >= 0.6 is 0 Å². The summed E-state index contributed by atoms with van der Waals surface area (Å²) >= 11 is 0. The van der Waals surface area contributed by atoms with Gasteiger partial charge in [0.2, 0.25) is 0 Å². The Hall–Kier alpha value is -0.560. The van der Waals surface area contributed by atoms with Gasteiger partial charge >= 0.3 is 0 Å². The van der Waals surface area contributed by atoms with Crippen molar-refractivity contribution >= 4 is 0 Å². The molecule has 17 heavy (non-hydrogen) atoms. The number of allylic oxidation sites excluding steroid dienone is 3. The smallest absolute Gasteiger partial charge is 0.0726 e. The van der Waals surface area contributed by atoms with Crippen molar-refractivity contribution in [2.75, 3.05) is 0 Å². The van der Waals surface area contributed by atoms with Gasteiger partial charge in [0, 0.05) is 0 Å². The first-order valence-electron chi connectivity index (χ1n) is 6.92. The van der Waals surface area contributed by atoms with Gasteiger partial charge in [-0.15, -0.1) is 0 Å². The minimum atomic E-state index is -0.270. The molecule has 0 aliphatic heterocycles. The first-order valence-corrected chi connectivity index (χ1v) is 6.92. The molecule has 2 rings (SSSR count). The van der Waals surface area contributed by atoms with Gasteiger partial charge in [-0.05, 0) is 41.9 Å². The van der Waals surface area contributed by atoms with Gasteiger partial charge in [0.1, 0.15) is 0 Å². The standard InChI is InChI=1S/C16H26O/c1-11-5-8-14(17)10-13-7-6-12(9-11)15(13)16(2,3)4/h5-8,11-15,17H,9-10H2,1-4H3. The van der Waals surface area contributed by atoms with Crippen molar-refractivity contribution in [2.24, 2.45) is 29.1 Å². The average molecular weight is 234 g/mol. The van der Waals surface area contributed by atoms with Gasteiger partial charge in [-0.3, -0.25) is 0 Å². The molecule has 1 heteroatoms. The van der Waals surface area contributed by atoms with E-state index in [9.17, 15) is 5.11 Å². The Morgan fingerprint density at radius 1 is 0.941 bits per heavy atom. The quantitative estimate of drug-likeness (QED) is 0.632. The van der Waals surface area contributed by atoms with E-state index in [1.165, 1.54) is 6.42 Å². The second kappa shape index (κ2) is 4.61. The first kappa shape index (κ1) is 12.9. The van der Waals surface area contributed by atoms with Crippen LogP contribution in [-0.4, -0.2) is 11.2 Å². The topological polar surface area (TPSA) is 20.2 Å². The number of fused-ring (bicyclic) bond motifs is 2. The average Bonchev–Trinajstić information content (AvgIpc) is 2.58. The Labute approximate surface area is 106 Å². The molecule has 1 nitrogen and oxygen atoms in total. The predicted molar refractivity (Wildman–Crippen MR) is 72.6 cm³/mol. The van der Waals surface area contributed by atoms with Crippen molar-refractivity contribution in [3.05, 3.63) is 24.3 Å². The summed E-state index contributed by atoms with van der Waals surface area (Å²) in [6.07, 6.45) is 10.8. The van der Waals surface area contributed by atoms with Gasteiger partial charge in [0.05, 0.1) is 6.10 Å². The second-order valence-electron chi connectivity index (χ2n) is 7.01. The minimum absolute atomic E-state index is 0.270. The fourth-order valence-electron chi connectivity index (χ4n) is 3.76. The number of aliphatic hydroxyl groups excluding tert-OH is 1. The molecule has 0 saturated heterocycles. The van der Waals surface area contributed by atoms with Gasteiger partial charge in [0.15, 0.2) is 0 Å². The van der Waals surface area contributed by atoms with Crippen LogP contribution in [0, 0.1) is 29.1 Å². The molecular weight excluding hydrogens is 208 g/mol. The number of aliphatic hydroxyl groups is 1. The van der Waals surface area contributed by atoms with Crippen LogP contribution in [0.15, 0.2) is 24.3 Å². The van der Waals surface area contributed by atoms with Gasteiger partial charge < -0.3 is 5.11 Å². The summed E-state index contributed by atoms with van der Waals surface area (Å²) in [5, 5.41) is 10.0. The Bertz CT molecular complexity index is 297. The minimum Gasteiger partial charge on any atom is -0.389 e. The fourth-order valence-corrected chi connectivity index (χ4v) is 3.76. The lowest BCUT2D eigenvalue weighted by Gasteiger charge is -2.37. The van der Waals surface area contributed by atoms with E-state index in [4.69, 9.17) is 0 Å². The Morgan fingerprint density at radius 2 is 1.53 bits per heavy atom. The van der Waals surface area contributed by atoms with Crippen molar-refractivity contribution in [1.29, 1.82) is 0 Å². The van der Waals surface area contributed by atoms with E-state index in [1.54, 1.807) is 0 Å². The predicted octanol–water partition coefficient (Wildman–Crippen LogP) is 3.80. The summed E-state index contributed by atoms with van der Waals surface area (Å²) in [6, 6.07) is 0. The molecule has 5 atom stereocenters. The number of hydrogen-bond acceptors (Lipinski definition) is 1. The lowest BCUT2D eigenvalue weighted by molar-refractivity contribution is 0.108. The first-order chi connectivity index (χ1) is 7.88. The maximum absolute atomic E-state index is 10.0. The zero-order valence-electron chi connectivity index (χ0n) is 11.6.